The number of hydrogen-bond donors (Lipinski definition) is 3. The fourth-order valence-corrected chi connectivity index (χ4v) is 5.33. The van der Waals surface area contributed by atoms with E-state index in [1.165, 1.54) is 70.6 Å². The molecule has 0 unspecified atom stereocenters. The van der Waals surface area contributed by atoms with Gasteiger partial charge in [0.05, 0.1) is 5.92 Å². The molecule has 260 valence electrons. The Morgan fingerprint density at radius 2 is 0.978 bits per heavy atom. The van der Waals surface area contributed by atoms with Crippen LogP contribution >= 0.6 is 0 Å². The van der Waals surface area contributed by atoms with E-state index in [1.807, 2.05) is 0 Å². The number of unbranched alkanes of at least 4 members (excludes halogenated alkanes) is 15. The van der Waals surface area contributed by atoms with Gasteiger partial charge in [-0.3, -0.25) is 19.2 Å². The molecule has 0 saturated carbocycles. The van der Waals surface area contributed by atoms with Crippen LogP contribution in [0.15, 0.2) is 0 Å². The Bertz CT molecular complexity index is 892. The largest absolute Gasteiger partial charge is 0.481 e. The van der Waals surface area contributed by atoms with E-state index < -0.39 is 35.1 Å². The van der Waals surface area contributed by atoms with Gasteiger partial charge in [0.25, 0.3) is 0 Å². The zero-order valence-electron chi connectivity index (χ0n) is 28.8. The lowest BCUT2D eigenvalue weighted by atomic mass is 9.85. The number of Topliss-reactive ketones (excluding diaryl/α,β-unsaturated/α-hetero) is 3. The van der Waals surface area contributed by atoms with Gasteiger partial charge in [-0.25, -0.2) is 4.79 Å². The Morgan fingerprint density at radius 1 is 0.556 bits per heavy atom. The highest BCUT2D eigenvalue weighted by atomic mass is 16.4. The van der Waals surface area contributed by atoms with Crippen LogP contribution in [-0.4, -0.2) is 51.5 Å². The number of hydrogen-bond acceptors (Lipinski definition) is 6. The van der Waals surface area contributed by atoms with Crippen molar-refractivity contribution in [3.8, 4) is 0 Å². The number of ketones is 3. The van der Waals surface area contributed by atoms with Crippen molar-refractivity contribution in [3.63, 3.8) is 0 Å². The summed E-state index contributed by atoms with van der Waals surface area (Å²) in [7, 11) is 0. The Kier molecular flexibility index (Phi) is 24.1. The molecule has 0 aromatic carbocycles. The third-order valence-corrected chi connectivity index (χ3v) is 8.41. The standard InChI is InChI=1S/C36H63NO8/c1-28(38)21-19-17-15-13-11-9-7-5-6-8-10-12-14-16-18-20-22-33(41)37-31(35(44)45)25-24-30(39)27-29(34(42)43)23-26-32(40)36(2,3)4/h29,31H,5-27H2,1-4H3,(H,37,41)(H,42,43)(H,44,45)/t29-,31+/m1/s1. The number of amides is 1. The van der Waals surface area contributed by atoms with E-state index in [0.717, 1.165) is 32.1 Å². The molecule has 0 saturated heterocycles. The topological polar surface area (TPSA) is 155 Å². The van der Waals surface area contributed by atoms with Gasteiger partial charge in [-0.1, -0.05) is 111 Å². The van der Waals surface area contributed by atoms with Crippen LogP contribution in [0.3, 0.4) is 0 Å². The summed E-state index contributed by atoms with van der Waals surface area (Å²) in [6, 6.07) is -1.20. The zero-order chi connectivity index (χ0) is 34.1. The summed E-state index contributed by atoms with van der Waals surface area (Å²) in [4.78, 5) is 71.0. The summed E-state index contributed by atoms with van der Waals surface area (Å²) in [6.07, 6.45) is 19.2. The lowest BCUT2D eigenvalue weighted by Crippen LogP contribution is -2.41. The molecule has 0 aromatic rings. The molecule has 0 heterocycles. The molecule has 9 nitrogen and oxygen atoms in total. The lowest BCUT2D eigenvalue weighted by molar-refractivity contribution is -0.145. The highest BCUT2D eigenvalue weighted by molar-refractivity contribution is 5.87. The van der Waals surface area contributed by atoms with Crippen molar-refractivity contribution < 1.29 is 39.0 Å². The number of aliphatic carboxylic acids is 2. The summed E-state index contributed by atoms with van der Waals surface area (Å²) >= 11 is 0. The minimum absolute atomic E-state index is 0.0584. The molecule has 9 heteroatoms. The van der Waals surface area contributed by atoms with Crippen LogP contribution in [0.4, 0.5) is 0 Å². The molecule has 1 amide bonds. The summed E-state index contributed by atoms with van der Waals surface area (Å²) in [5.74, 6) is -3.90. The van der Waals surface area contributed by atoms with E-state index in [4.69, 9.17) is 0 Å². The quantitative estimate of drug-likeness (QED) is 0.0669. The van der Waals surface area contributed by atoms with Crippen molar-refractivity contribution in [1.29, 1.82) is 0 Å². The van der Waals surface area contributed by atoms with Crippen molar-refractivity contribution in [1.82, 2.24) is 5.32 Å². The molecule has 0 fully saturated rings. The number of carbonyl (C=O) groups excluding carboxylic acids is 4. The maximum atomic E-state index is 12.4. The van der Waals surface area contributed by atoms with Gasteiger partial charge in [-0.05, 0) is 32.6 Å². The molecule has 0 aliphatic heterocycles. The Balaban J connectivity index is 3.94. The fraction of sp³-hybridized carbons (Fsp3) is 0.833. The smallest absolute Gasteiger partial charge is 0.326 e. The van der Waals surface area contributed by atoms with E-state index in [1.54, 1.807) is 27.7 Å². The molecule has 0 aliphatic carbocycles. The second kappa shape index (κ2) is 25.6. The van der Waals surface area contributed by atoms with Crippen LogP contribution in [0.5, 0.6) is 0 Å². The van der Waals surface area contributed by atoms with Crippen LogP contribution in [0.1, 0.15) is 175 Å². The average Bonchev–Trinajstić information content (AvgIpc) is 2.95. The van der Waals surface area contributed by atoms with Gasteiger partial charge in [-0.2, -0.15) is 0 Å². The first-order valence-corrected chi connectivity index (χ1v) is 17.5. The molecular weight excluding hydrogens is 574 g/mol. The molecule has 0 aliphatic rings. The SMILES string of the molecule is CC(=O)CCCCCCCCCCCCCCCCCCC(=O)N[C@@H](CCC(=O)C[C@@H](CCC(=O)C(C)(C)C)C(=O)O)C(=O)O. The van der Waals surface area contributed by atoms with Gasteiger partial charge in [0, 0.05) is 37.5 Å². The van der Waals surface area contributed by atoms with E-state index in [2.05, 4.69) is 5.32 Å². The molecule has 0 spiro atoms. The number of carboxylic acids is 2. The van der Waals surface area contributed by atoms with Crippen LogP contribution in [-0.2, 0) is 28.8 Å². The van der Waals surface area contributed by atoms with E-state index in [0.29, 0.717) is 12.2 Å². The minimum atomic E-state index is -1.22. The van der Waals surface area contributed by atoms with Crippen molar-refractivity contribution >= 4 is 35.2 Å². The van der Waals surface area contributed by atoms with E-state index >= 15 is 0 Å². The minimum Gasteiger partial charge on any atom is -0.481 e. The highest BCUT2D eigenvalue weighted by Gasteiger charge is 2.27. The Morgan fingerprint density at radius 3 is 1.36 bits per heavy atom. The molecule has 3 N–H and O–H groups in total. The summed E-state index contributed by atoms with van der Waals surface area (Å²) in [5, 5.41) is 21.4. The van der Waals surface area contributed by atoms with Crippen molar-refractivity contribution in [2.45, 2.75) is 181 Å². The Hall–Kier alpha value is -2.58. The van der Waals surface area contributed by atoms with Crippen LogP contribution in [0.2, 0.25) is 0 Å². The van der Waals surface area contributed by atoms with Gasteiger partial charge in [-0.15, -0.1) is 0 Å². The third kappa shape index (κ3) is 25.3. The third-order valence-electron chi connectivity index (χ3n) is 8.41. The second-order valence-electron chi connectivity index (χ2n) is 13.8. The Labute approximate surface area is 272 Å². The molecule has 0 bridgehead atoms. The van der Waals surface area contributed by atoms with Gasteiger partial charge < -0.3 is 20.3 Å². The van der Waals surface area contributed by atoms with E-state index in [9.17, 15) is 39.0 Å². The van der Waals surface area contributed by atoms with Crippen LogP contribution < -0.4 is 5.32 Å². The van der Waals surface area contributed by atoms with Gasteiger partial charge in [0.1, 0.15) is 23.4 Å². The second-order valence-corrected chi connectivity index (χ2v) is 13.8. The predicted octanol–water partition coefficient (Wildman–Crippen LogP) is 8.00. The number of nitrogens with one attached hydrogen (secondary N) is 1. The fourth-order valence-electron chi connectivity index (χ4n) is 5.33. The van der Waals surface area contributed by atoms with Gasteiger partial charge in [0.2, 0.25) is 5.91 Å². The summed E-state index contributed by atoms with van der Waals surface area (Å²) in [5.41, 5.74) is -0.583. The van der Waals surface area contributed by atoms with Crippen molar-refractivity contribution in [2.75, 3.05) is 0 Å². The number of carbonyl (C=O) groups is 6. The van der Waals surface area contributed by atoms with Crippen LogP contribution in [0.25, 0.3) is 0 Å². The van der Waals surface area contributed by atoms with Crippen LogP contribution in [0, 0.1) is 11.3 Å². The average molecular weight is 638 g/mol. The summed E-state index contributed by atoms with van der Waals surface area (Å²) < 4.78 is 0. The lowest BCUT2D eigenvalue weighted by Gasteiger charge is -2.18. The van der Waals surface area contributed by atoms with Crippen molar-refractivity contribution in [2.24, 2.45) is 11.3 Å². The molecule has 0 rings (SSSR count). The number of rotatable bonds is 30. The zero-order valence-corrected chi connectivity index (χ0v) is 28.8. The molecule has 45 heavy (non-hydrogen) atoms. The maximum Gasteiger partial charge on any atom is 0.326 e. The molecule has 0 aromatic heterocycles. The number of carboxylic acid groups (broad SMARTS) is 2. The summed E-state index contributed by atoms with van der Waals surface area (Å²) in [6.45, 7) is 6.93. The molecular formula is C36H63NO8. The molecule has 2 atom stereocenters. The maximum absolute atomic E-state index is 12.4. The van der Waals surface area contributed by atoms with Gasteiger partial charge in [0.15, 0.2) is 0 Å². The first kappa shape index (κ1) is 42.4. The normalized spacial score (nSPS) is 12.8. The van der Waals surface area contributed by atoms with E-state index in [-0.39, 0.29) is 50.2 Å². The monoisotopic (exact) mass is 637 g/mol. The molecule has 0 radical (unpaired) electrons. The van der Waals surface area contributed by atoms with Crippen molar-refractivity contribution in [3.05, 3.63) is 0 Å². The highest BCUT2D eigenvalue weighted by Crippen LogP contribution is 2.22. The first-order chi connectivity index (χ1) is 21.2. The van der Waals surface area contributed by atoms with Gasteiger partial charge >= 0.3 is 11.9 Å². The predicted molar refractivity (Wildman–Crippen MR) is 177 cm³/mol. The first-order valence-electron chi connectivity index (χ1n) is 17.5.